The molecule has 0 spiro atoms. The molecule has 5 rings (SSSR count). The molecule has 0 atom stereocenters. The summed E-state index contributed by atoms with van der Waals surface area (Å²) < 4.78 is 59.2. The van der Waals surface area contributed by atoms with Gasteiger partial charge in [-0.2, -0.15) is 0 Å². The maximum Gasteiger partial charge on any atom is 0.193 e. The second-order valence-corrected chi connectivity index (χ2v) is 14.3. The van der Waals surface area contributed by atoms with Crippen LogP contribution >= 0.6 is 31.2 Å². The van der Waals surface area contributed by atoms with Gasteiger partial charge in [-0.3, -0.25) is 4.79 Å². The number of carbonyl (C=O) groups is 1. The van der Waals surface area contributed by atoms with E-state index in [1.54, 1.807) is 17.8 Å². The smallest absolute Gasteiger partial charge is 0.193 e. The molecule has 0 aromatic heterocycles. The second-order valence-electron chi connectivity index (χ2n) is 8.80. The van der Waals surface area contributed by atoms with Crippen molar-refractivity contribution in [1.82, 2.24) is 0 Å². The third-order valence-electron chi connectivity index (χ3n) is 5.48. The van der Waals surface area contributed by atoms with E-state index in [2.05, 4.69) is 84.9 Å². The monoisotopic (exact) mass is 654 g/mol. The molecular weight excluding hydrogens is 633 g/mol. The van der Waals surface area contributed by atoms with E-state index in [0.717, 1.165) is 9.79 Å². The van der Waals surface area contributed by atoms with Gasteiger partial charge in [-0.15, -0.1) is 0 Å². The van der Waals surface area contributed by atoms with Gasteiger partial charge >= 0.3 is 33.0 Å². The molecule has 11 heteroatoms. The van der Waals surface area contributed by atoms with Gasteiger partial charge in [0.05, 0.1) is 15.9 Å². The van der Waals surface area contributed by atoms with Crippen LogP contribution in [0.3, 0.4) is 0 Å². The van der Waals surface area contributed by atoms with Crippen LogP contribution in [0.1, 0.15) is 15.9 Å². The third-order valence-corrected chi connectivity index (χ3v) is 9.21. The van der Waals surface area contributed by atoms with Crippen LogP contribution in [0.15, 0.2) is 158 Å². The Labute approximate surface area is 251 Å². The summed E-state index contributed by atoms with van der Waals surface area (Å²) in [6, 6.07) is 44.7. The first-order valence-electron chi connectivity index (χ1n) is 12.2. The average molecular weight is 655 g/mol. The minimum atomic E-state index is -10.7. The summed E-state index contributed by atoms with van der Waals surface area (Å²) in [5.74, 6) is -0.0257. The van der Waals surface area contributed by atoms with Crippen LogP contribution in [0.5, 0.6) is 0 Å². The molecule has 0 N–H and O–H groups in total. The minimum absolute atomic E-state index is 0.0257. The van der Waals surface area contributed by atoms with Gasteiger partial charge in [0.15, 0.2) is 20.5 Å². The van der Waals surface area contributed by atoms with Gasteiger partial charge in [0.25, 0.3) is 0 Å². The van der Waals surface area contributed by atoms with Crippen LogP contribution in [0.4, 0.5) is 25.2 Å². The number of rotatable bonds is 7. The van der Waals surface area contributed by atoms with Gasteiger partial charge in [-0.1, -0.05) is 90.1 Å². The van der Waals surface area contributed by atoms with E-state index in [9.17, 15) is 30.0 Å². The van der Waals surface area contributed by atoms with E-state index in [1.165, 1.54) is 14.7 Å². The Kier molecular flexibility index (Phi) is 9.19. The minimum Gasteiger partial charge on any atom is -0.289 e. The summed E-state index contributed by atoms with van der Waals surface area (Å²) in [5.41, 5.74) is 1.25. The standard InChI is InChI=1S/C31H22ClOS2.F6P/c32-29-22-24(31(33)23-10-4-1-5-11-23)16-21-30(29)34-25-17-19-28(20-18-25)35(26-12-6-2-7-13-26)27-14-8-3-9-15-27;1-7(2,3,4,5)6/h1-22H;/q+1;-1. The number of ketones is 1. The van der Waals surface area contributed by atoms with Crippen molar-refractivity contribution in [3.8, 4) is 0 Å². The molecule has 5 aromatic carbocycles. The molecule has 0 aliphatic heterocycles. The molecule has 5 aromatic rings. The number of benzene rings is 5. The van der Waals surface area contributed by atoms with E-state index in [4.69, 9.17) is 11.6 Å². The number of hydrogen-bond donors (Lipinski definition) is 0. The molecule has 0 unspecified atom stereocenters. The summed E-state index contributed by atoms with van der Waals surface area (Å²) in [6.07, 6.45) is 0. The zero-order valence-corrected chi connectivity index (χ0v) is 24.8. The van der Waals surface area contributed by atoms with E-state index in [1.807, 2.05) is 42.5 Å². The second kappa shape index (κ2) is 12.2. The Morgan fingerprint density at radius 2 is 1.00 bits per heavy atom. The van der Waals surface area contributed by atoms with Crippen LogP contribution < -0.4 is 0 Å². The van der Waals surface area contributed by atoms with Crippen LogP contribution in [0, 0.1) is 0 Å². The van der Waals surface area contributed by atoms with Gasteiger partial charge in [-0.25, -0.2) is 0 Å². The van der Waals surface area contributed by atoms with Crippen LogP contribution in [-0.2, 0) is 10.9 Å². The Balaban J connectivity index is 0.000000517. The Bertz CT molecular complexity index is 1600. The predicted molar refractivity (Wildman–Crippen MR) is 161 cm³/mol. The Hall–Kier alpha value is -3.23. The summed E-state index contributed by atoms with van der Waals surface area (Å²) in [6.45, 7) is 0. The van der Waals surface area contributed by atoms with E-state index in [0.29, 0.717) is 16.1 Å². The van der Waals surface area contributed by atoms with Gasteiger partial charge in [0.1, 0.15) is 0 Å². The van der Waals surface area contributed by atoms with Crippen LogP contribution in [0.25, 0.3) is 0 Å². The van der Waals surface area contributed by atoms with Crippen LogP contribution in [0.2, 0.25) is 5.02 Å². The fourth-order valence-corrected chi connectivity index (χ4v) is 6.97. The molecule has 218 valence electrons. The van der Waals surface area contributed by atoms with Gasteiger partial charge < -0.3 is 0 Å². The summed E-state index contributed by atoms with van der Waals surface area (Å²) in [4.78, 5) is 18.6. The molecule has 0 bridgehead atoms. The van der Waals surface area contributed by atoms with Crippen molar-refractivity contribution in [2.45, 2.75) is 24.5 Å². The van der Waals surface area contributed by atoms with Crippen molar-refractivity contribution in [3.05, 3.63) is 150 Å². The van der Waals surface area contributed by atoms with Crippen molar-refractivity contribution in [2.24, 2.45) is 0 Å². The van der Waals surface area contributed by atoms with Crippen molar-refractivity contribution >= 4 is 47.8 Å². The van der Waals surface area contributed by atoms with Gasteiger partial charge in [0.2, 0.25) is 0 Å². The van der Waals surface area contributed by atoms with E-state index in [-0.39, 0.29) is 16.7 Å². The number of halogens is 7. The third kappa shape index (κ3) is 10.2. The summed E-state index contributed by atoms with van der Waals surface area (Å²) in [7, 11) is -10.8. The Morgan fingerprint density at radius 1 is 0.571 bits per heavy atom. The van der Waals surface area contributed by atoms with Crippen LogP contribution in [-0.4, -0.2) is 5.78 Å². The first-order chi connectivity index (χ1) is 19.6. The molecule has 0 aliphatic rings. The molecule has 0 fully saturated rings. The summed E-state index contributed by atoms with van der Waals surface area (Å²) >= 11 is 8.18. The maximum atomic E-state index is 12.7. The van der Waals surface area contributed by atoms with E-state index >= 15 is 0 Å². The van der Waals surface area contributed by atoms with Gasteiger partial charge in [-0.05, 0) is 66.7 Å². The van der Waals surface area contributed by atoms with Crippen molar-refractivity contribution in [2.75, 3.05) is 0 Å². The summed E-state index contributed by atoms with van der Waals surface area (Å²) in [5, 5.41) is 0.578. The first kappa shape index (κ1) is 31.7. The normalized spacial score (nSPS) is 13.0. The quantitative estimate of drug-likeness (QED) is 0.0752. The number of hydrogen-bond acceptors (Lipinski definition) is 2. The van der Waals surface area contributed by atoms with Crippen molar-refractivity contribution < 1.29 is 30.0 Å². The molecule has 0 radical (unpaired) electrons. The Morgan fingerprint density at radius 3 is 1.45 bits per heavy atom. The average Bonchev–Trinajstić information content (AvgIpc) is 2.95. The number of carbonyl (C=O) groups excluding carboxylic acids is 1. The molecule has 1 nitrogen and oxygen atoms in total. The fraction of sp³-hybridized carbons (Fsp3) is 0. The first-order valence-corrected chi connectivity index (χ1v) is 16.7. The fourth-order valence-electron chi connectivity index (χ4n) is 3.77. The predicted octanol–water partition coefficient (Wildman–Crippen LogP) is 12.2. The SMILES string of the molecule is F[P-](F)(F)(F)(F)F.O=C(c1ccccc1)c1ccc(Sc2ccc([S+](c3ccccc3)c3ccccc3)cc2)c(Cl)c1. The zero-order valence-electron chi connectivity index (χ0n) is 21.5. The van der Waals surface area contributed by atoms with Crippen molar-refractivity contribution in [1.29, 1.82) is 0 Å². The molecular formula is C31H22ClF6OPS2. The largest absolute Gasteiger partial charge is 0.289 e. The molecule has 0 saturated carbocycles. The molecule has 0 amide bonds. The van der Waals surface area contributed by atoms with E-state index < -0.39 is 7.81 Å². The molecule has 0 heterocycles. The maximum absolute atomic E-state index is 12.7. The molecule has 0 saturated heterocycles. The van der Waals surface area contributed by atoms with Crippen molar-refractivity contribution in [3.63, 3.8) is 0 Å². The zero-order chi connectivity index (χ0) is 30.4. The molecule has 42 heavy (non-hydrogen) atoms. The topological polar surface area (TPSA) is 17.1 Å². The molecule has 0 aliphatic carbocycles. The van der Waals surface area contributed by atoms with Gasteiger partial charge in [0, 0.05) is 20.9 Å².